The highest BCUT2D eigenvalue weighted by Crippen LogP contribution is 2.22. The fourth-order valence-electron chi connectivity index (χ4n) is 4.49. The zero-order chi connectivity index (χ0) is 25.7. The van der Waals surface area contributed by atoms with Gasteiger partial charge in [-0.25, -0.2) is 4.79 Å². The van der Waals surface area contributed by atoms with E-state index in [9.17, 15) is 24.3 Å². The standard InChI is InChI=1S/C25H35N5O5/c1-14(2)11-19(28-22(31)15(3)26)24(33)30-10-6-9-21(30)23(32)29-20(25(34)35)12-16-13-27-18-8-5-4-7-17(16)18/h4-5,7-8,13-15,19-21,27H,6,9-12,26H2,1-3H3,(H,28,31)(H,29,32)(H,34,35). The number of amides is 3. The van der Waals surface area contributed by atoms with Crippen LogP contribution in [0.15, 0.2) is 30.5 Å². The number of fused-ring (bicyclic) bond motifs is 1. The number of nitrogens with two attached hydrogens (primary N) is 1. The number of aromatic amines is 1. The predicted molar refractivity (Wildman–Crippen MR) is 131 cm³/mol. The van der Waals surface area contributed by atoms with Crippen molar-refractivity contribution in [3.05, 3.63) is 36.0 Å². The quantitative estimate of drug-likeness (QED) is 0.340. The van der Waals surface area contributed by atoms with E-state index in [2.05, 4.69) is 15.6 Å². The minimum atomic E-state index is -1.15. The maximum Gasteiger partial charge on any atom is 0.326 e. The van der Waals surface area contributed by atoms with Gasteiger partial charge in [0.05, 0.1) is 6.04 Å². The lowest BCUT2D eigenvalue weighted by molar-refractivity contribution is -0.145. The van der Waals surface area contributed by atoms with Crippen molar-refractivity contribution in [2.75, 3.05) is 6.54 Å². The summed E-state index contributed by atoms with van der Waals surface area (Å²) >= 11 is 0. The largest absolute Gasteiger partial charge is 0.480 e. The number of carboxylic acids is 1. The molecule has 10 heteroatoms. The van der Waals surface area contributed by atoms with Crippen LogP contribution in [0.4, 0.5) is 0 Å². The fraction of sp³-hybridized carbons (Fsp3) is 0.520. The van der Waals surface area contributed by atoms with Crippen molar-refractivity contribution >= 4 is 34.6 Å². The van der Waals surface area contributed by atoms with Crippen LogP contribution in [0.2, 0.25) is 0 Å². The van der Waals surface area contributed by atoms with Gasteiger partial charge in [-0.3, -0.25) is 14.4 Å². The number of benzene rings is 1. The predicted octanol–water partition coefficient (Wildman–Crippen LogP) is 1.15. The number of aliphatic carboxylic acids is 1. The summed E-state index contributed by atoms with van der Waals surface area (Å²) in [6, 6.07) is 4.02. The lowest BCUT2D eigenvalue weighted by atomic mass is 10.0. The van der Waals surface area contributed by atoms with Crippen LogP contribution in [0, 0.1) is 5.92 Å². The lowest BCUT2D eigenvalue weighted by Crippen LogP contribution is -2.57. The van der Waals surface area contributed by atoms with Gasteiger partial charge >= 0.3 is 5.97 Å². The van der Waals surface area contributed by atoms with Gasteiger partial charge in [-0.1, -0.05) is 32.0 Å². The molecule has 1 saturated heterocycles. The van der Waals surface area contributed by atoms with Crippen molar-refractivity contribution in [3.63, 3.8) is 0 Å². The molecule has 1 aliphatic rings. The normalized spacial score (nSPS) is 18.3. The van der Waals surface area contributed by atoms with Gasteiger partial charge in [-0.15, -0.1) is 0 Å². The number of para-hydroxylation sites is 1. The van der Waals surface area contributed by atoms with E-state index in [-0.39, 0.29) is 18.2 Å². The highest BCUT2D eigenvalue weighted by Gasteiger charge is 2.39. The molecule has 4 unspecified atom stereocenters. The molecular formula is C25H35N5O5. The molecular weight excluding hydrogens is 450 g/mol. The average Bonchev–Trinajstić information content (AvgIpc) is 3.45. The van der Waals surface area contributed by atoms with E-state index in [0.29, 0.717) is 25.8 Å². The van der Waals surface area contributed by atoms with E-state index < -0.39 is 42.0 Å². The third-order valence-corrected chi connectivity index (χ3v) is 6.29. The summed E-state index contributed by atoms with van der Waals surface area (Å²) < 4.78 is 0. The summed E-state index contributed by atoms with van der Waals surface area (Å²) in [6.45, 7) is 5.78. The molecule has 0 saturated carbocycles. The summed E-state index contributed by atoms with van der Waals surface area (Å²) in [6.07, 6.45) is 3.29. The number of hydrogen-bond donors (Lipinski definition) is 5. The number of hydrogen-bond acceptors (Lipinski definition) is 5. The van der Waals surface area contributed by atoms with Crippen molar-refractivity contribution in [1.29, 1.82) is 0 Å². The van der Waals surface area contributed by atoms with Crippen molar-refractivity contribution < 1.29 is 24.3 Å². The average molecular weight is 486 g/mol. The smallest absolute Gasteiger partial charge is 0.326 e. The Balaban J connectivity index is 1.73. The molecule has 1 aromatic heterocycles. The first-order valence-corrected chi connectivity index (χ1v) is 12.0. The highest BCUT2D eigenvalue weighted by molar-refractivity contribution is 5.94. The van der Waals surface area contributed by atoms with E-state index >= 15 is 0 Å². The molecule has 0 bridgehead atoms. The van der Waals surface area contributed by atoms with Crippen LogP contribution in [0.1, 0.15) is 45.6 Å². The second-order valence-electron chi connectivity index (χ2n) is 9.63. The number of H-pyrrole nitrogens is 1. The van der Waals surface area contributed by atoms with E-state index in [1.807, 2.05) is 38.1 Å². The number of carboxylic acid groups (broad SMARTS) is 1. The van der Waals surface area contributed by atoms with Gasteiger partial charge in [-0.2, -0.15) is 0 Å². The first-order valence-electron chi connectivity index (χ1n) is 12.0. The maximum absolute atomic E-state index is 13.3. The van der Waals surface area contributed by atoms with Crippen LogP contribution in [-0.4, -0.2) is 69.4 Å². The van der Waals surface area contributed by atoms with Gasteiger partial charge in [0, 0.05) is 30.1 Å². The monoisotopic (exact) mass is 485 g/mol. The van der Waals surface area contributed by atoms with Crippen molar-refractivity contribution in [2.24, 2.45) is 11.7 Å². The van der Waals surface area contributed by atoms with E-state index in [1.54, 1.807) is 6.20 Å². The number of likely N-dealkylation sites (tertiary alicyclic amines) is 1. The van der Waals surface area contributed by atoms with Crippen LogP contribution in [-0.2, 0) is 25.6 Å². The minimum absolute atomic E-state index is 0.103. The molecule has 0 radical (unpaired) electrons. The second kappa shape index (κ2) is 11.4. The van der Waals surface area contributed by atoms with Crippen LogP contribution >= 0.6 is 0 Å². The van der Waals surface area contributed by atoms with E-state index in [4.69, 9.17) is 5.73 Å². The summed E-state index contributed by atoms with van der Waals surface area (Å²) in [4.78, 5) is 55.2. The molecule has 2 heterocycles. The fourth-order valence-corrected chi connectivity index (χ4v) is 4.49. The Morgan fingerprint density at radius 2 is 1.86 bits per heavy atom. The van der Waals surface area contributed by atoms with Gasteiger partial charge in [-0.05, 0) is 43.7 Å². The third-order valence-electron chi connectivity index (χ3n) is 6.29. The number of aromatic nitrogens is 1. The molecule has 1 aliphatic heterocycles. The summed E-state index contributed by atoms with van der Waals surface area (Å²) in [5.41, 5.74) is 7.32. The van der Waals surface area contributed by atoms with Gasteiger partial charge in [0.2, 0.25) is 17.7 Å². The van der Waals surface area contributed by atoms with Crippen molar-refractivity contribution in [1.82, 2.24) is 20.5 Å². The Morgan fingerprint density at radius 3 is 2.51 bits per heavy atom. The SMILES string of the molecule is CC(C)CC(NC(=O)C(C)N)C(=O)N1CCCC1C(=O)NC(Cc1c[nH]c2ccccc12)C(=O)O. The lowest BCUT2D eigenvalue weighted by Gasteiger charge is -2.30. The topological polar surface area (TPSA) is 158 Å². The van der Waals surface area contributed by atoms with Gasteiger partial charge < -0.3 is 31.4 Å². The number of carbonyl (C=O) groups excluding carboxylic acids is 3. The first-order chi connectivity index (χ1) is 16.6. The number of nitrogens with zero attached hydrogens (tertiary/aromatic N) is 1. The molecule has 10 nitrogen and oxygen atoms in total. The molecule has 3 rings (SSSR count). The maximum atomic E-state index is 13.3. The van der Waals surface area contributed by atoms with Crippen LogP contribution in [0.25, 0.3) is 10.9 Å². The Bertz CT molecular complexity index is 1080. The Morgan fingerprint density at radius 1 is 1.14 bits per heavy atom. The molecule has 3 amide bonds. The molecule has 6 N–H and O–H groups in total. The Hall–Kier alpha value is -3.40. The second-order valence-corrected chi connectivity index (χ2v) is 9.63. The highest BCUT2D eigenvalue weighted by atomic mass is 16.4. The van der Waals surface area contributed by atoms with E-state index in [1.165, 1.54) is 11.8 Å². The number of carbonyl (C=O) groups is 4. The van der Waals surface area contributed by atoms with Crippen LogP contribution in [0.5, 0.6) is 0 Å². The van der Waals surface area contributed by atoms with Gasteiger partial charge in [0.25, 0.3) is 0 Å². The summed E-state index contributed by atoms with van der Waals surface area (Å²) in [5.74, 6) is -2.33. The minimum Gasteiger partial charge on any atom is -0.480 e. The van der Waals surface area contributed by atoms with Crippen molar-refractivity contribution in [2.45, 2.75) is 70.6 Å². The van der Waals surface area contributed by atoms with Crippen LogP contribution in [0.3, 0.4) is 0 Å². The Kier molecular flexibility index (Phi) is 8.50. The number of nitrogens with one attached hydrogen (secondary N) is 3. The number of rotatable bonds is 10. The molecule has 1 aromatic carbocycles. The molecule has 2 aromatic rings. The summed E-state index contributed by atoms with van der Waals surface area (Å²) in [5, 5.41) is 16.0. The molecule has 1 fully saturated rings. The molecule has 0 aliphatic carbocycles. The zero-order valence-corrected chi connectivity index (χ0v) is 20.4. The first kappa shape index (κ1) is 26.2. The third kappa shape index (κ3) is 6.39. The zero-order valence-electron chi connectivity index (χ0n) is 20.4. The molecule has 35 heavy (non-hydrogen) atoms. The molecule has 0 spiro atoms. The van der Waals surface area contributed by atoms with E-state index in [0.717, 1.165) is 16.5 Å². The Labute approximate surface area is 204 Å². The molecule has 4 atom stereocenters. The van der Waals surface area contributed by atoms with Gasteiger partial charge in [0.15, 0.2) is 0 Å². The van der Waals surface area contributed by atoms with Gasteiger partial charge in [0.1, 0.15) is 18.1 Å². The van der Waals surface area contributed by atoms with Crippen LogP contribution < -0.4 is 16.4 Å². The van der Waals surface area contributed by atoms with Crippen molar-refractivity contribution in [3.8, 4) is 0 Å². The summed E-state index contributed by atoms with van der Waals surface area (Å²) in [7, 11) is 0. The molecule has 190 valence electrons.